The van der Waals surface area contributed by atoms with Gasteiger partial charge < -0.3 is 25.4 Å². The Morgan fingerprint density at radius 2 is 1.98 bits per heavy atom. The van der Waals surface area contributed by atoms with Crippen LogP contribution in [-0.4, -0.2) is 59.5 Å². The van der Waals surface area contributed by atoms with Crippen molar-refractivity contribution in [2.45, 2.75) is 44.4 Å². The molecule has 1 fully saturated rings. The monoisotopic (exact) mass is 618 g/mol. The topological polar surface area (TPSA) is 104 Å². The van der Waals surface area contributed by atoms with E-state index in [1.165, 1.54) is 27.0 Å². The third-order valence-electron chi connectivity index (χ3n) is 6.81. The van der Waals surface area contributed by atoms with E-state index in [0.717, 1.165) is 46.5 Å². The second kappa shape index (κ2) is 11.9. The average Bonchev–Trinajstić information content (AvgIpc) is 3.55. The van der Waals surface area contributed by atoms with E-state index in [0.29, 0.717) is 13.2 Å². The third kappa shape index (κ3) is 7.02. The molecular formula is C29H29F3N4O4S2. The number of nitrogens with one attached hydrogen (secondary N) is 2. The number of hydrogen-bond acceptors (Lipinski definition) is 8. The Labute approximate surface area is 248 Å². The number of thiophene rings is 1. The van der Waals surface area contributed by atoms with Crippen molar-refractivity contribution in [3.05, 3.63) is 70.0 Å². The predicted octanol–water partition coefficient (Wildman–Crippen LogP) is 6.25. The molecule has 8 nitrogen and oxygen atoms in total. The van der Waals surface area contributed by atoms with Gasteiger partial charge in [-0.3, -0.25) is 4.79 Å². The first-order valence-electron chi connectivity index (χ1n) is 13.2. The van der Waals surface area contributed by atoms with E-state index < -0.39 is 12.1 Å². The molecule has 6 rings (SSSR count). The zero-order valence-electron chi connectivity index (χ0n) is 22.8. The first-order chi connectivity index (χ1) is 19.9. The Hall–Kier alpha value is -3.68. The molecule has 42 heavy (non-hydrogen) atoms. The summed E-state index contributed by atoms with van der Waals surface area (Å²) in [4.78, 5) is 29.5. The van der Waals surface area contributed by atoms with Gasteiger partial charge >= 0.3 is 12.1 Å². The lowest BCUT2D eigenvalue weighted by Gasteiger charge is -2.35. The number of rotatable bonds is 5. The van der Waals surface area contributed by atoms with Crippen LogP contribution >= 0.6 is 22.7 Å². The number of benzene rings is 2. The van der Waals surface area contributed by atoms with Crippen LogP contribution < -0.4 is 15.5 Å². The molecule has 1 saturated heterocycles. The molecule has 3 N–H and O–H groups in total. The largest absolute Gasteiger partial charge is 0.490 e. The summed E-state index contributed by atoms with van der Waals surface area (Å²) in [5, 5.41) is 18.1. The van der Waals surface area contributed by atoms with Crippen LogP contribution in [0.2, 0.25) is 0 Å². The number of aromatic nitrogens is 1. The number of carboxylic acid groups (broad SMARTS) is 1. The van der Waals surface area contributed by atoms with E-state index in [-0.39, 0.29) is 17.5 Å². The Kier molecular flexibility index (Phi) is 8.44. The van der Waals surface area contributed by atoms with Gasteiger partial charge in [-0.15, -0.1) is 11.3 Å². The molecule has 4 heterocycles. The molecule has 0 radical (unpaired) electrons. The molecule has 0 saturated carbocycles. The molecule has 1 unspecified atom stereocenters. The molecule has 0 spiro atoms. The Morgan fingerprint density at radius 1 is 1.21 bits per heavy atom. The number of carbonyl (C=O) groups is 2. The summed E-state index contributed by atoms with van der Waals surface area (Å²) in [5.74, 6) is -2.77. The van der Waals surface area contributed by atoms with Crippen LogP contribution in [0.4, 0.5) is 29.7 Å². The minimum atomic E-state index is -5.08. The highest BCUT2D eigenvalue weighted by Crippen LogP contribution is 2.34. The molecule has 1 amide bonds. The van der Waals surface area contributed by atoms with E-state index >= 15 is 0 Å². The van der Waals surface area contributed by atoms with Crippen molar-refractivity contribution in [3.63, 3.8) is 0 Å². The van der Waals surface area contributed by atoms with Crippen LogP contribution in [0.1, 0.15) is 34.8 Å². The molecule has 2 aromatic heterocycles. The Morgan fingerprint density at radius 3 is 2.74 bits per heavy atom. The van der Waals surface area contributed by atoms with Crippen LogP contribution in [0, 0.1) is 0 Å². The van der Waals surface area contributed by atoms with Gasteiger partial charge in [0.15, 0.2) is 5.13 Å². The third-order valence-corrected chi connectivity index (χ3v) is 8.84. The van der Waals surface area contributed by atoms with E-state index in [9.17, 15) is 18.0 Å². The number of amides is 1. The second-order valence-electron chi connectivity index (χ2n) is 10.7. The number of hydrogen-bond donors (Lipinski definition) is 3. The van der Waals surface area contributed by atoms with Gasteiger partial charge in [-0.2, -0.15) is 13.2 Å². The number of thiazole rings is 1. The van der Waals surface area contributed by atoms with Crippen molar-refractivity contribution in [3.8, 4) is 0 Å². The number of nitrogens with zero attached hydrogens (tertiary/aromatic N) is 2. The van der Waals surface area contributed by atoms with E-state index in [4.69, 9.17) is 19.6 Å². The van der Waals surface area contributed by atoms with Crippen molar-refractivity contribution >= 4 is 61.1 Å². The minimum Gasteiger partial charge on any atom is -0.475 e. The number of morpholine rings is 1. The Balaban J connectivity index is 0.000000451. The molecule has 0 aliphatic carbocycles. The fraction of sp³-hybridized carbons (Fsp3) is 0.345. The molecule has 0 bridgehead atoms. The van der Waals surface area contributed by atoms with Gasteiger partial charge in [-0.05, 0) is 73.0 Å². The van der Waals surface area contributed by atoms with Crippen molar-refractivity contribution < 1.29 is 32.6 Å². The smallest absolute Gasteiger partial charge is 0.475 e. The van der Waals surface area contributed by atoms with E-state index in [2.05, 4.69) is 69.4 Å². The highest BCUT2D eigenvalue weighted by atomic mass is 32.1. The highest BCUT2D eigenvalue weighted by molar-refractivity contribution is 7.17. The number of carbonyl (C=O) groups excluding carboxylic acids is 1. The molecule has 2 aliphatic heterocycles. The van der Waals surface area contributed by atoms with Gasteiger partial charge in [-0.1, -0.05) is 23.5 Å². The molecule has 2 aromatic carbocycles. The summed E-state index contributed by atoms with van der Waals surface area (Å²) in [6, 6.07) is 17.4. The highest BCUT2D eigenvalue weighted by Gasteiger charge is 2.38. The zero-order valence-corrected chi connectivity index (χ0v) is 24.5. The summed E-state index contributed by atoms with van der Waals surface area (Å²) in [6.07, 6.45) is -3.48. The van der Waals surface area contributed by atoms with Crippen LogP contribution in [0.5, 0.6) is 0 Å². The summed E-state index contributed by atoms with van der Waals surface area (Å²) >= 11 is 3.27. The molecule has 2 aliphatic rings. The molecule has 13 heteroatoms. The number of fused-ring (bicyclic) bond motifs is 2. The van der Waals surface area contributed by atoms with Crippen molar-refractivity contribution in [2.75, 3.05) is 30.0 Å². The number of halogens is 3. The van der Waals surface area contributed by atoms with Gasteiger partial charge in [0.1, 0.15) is 4.88 Å². The zero-order chi connectivity index (χ0) is 30.1. The van der Waals surface area contributed by atoms with Gasteiger partial charge in [0.25, 0.3) is 5.91 Å². The van der Waals surface area contributed by atoms with Gasteiger partial charge in [0, 0.05) is 34.6 Å². The van der Waals surface area contributed by atoms with E-state index in [1.54, 1.807) is 11.3 Å². The van der Waals surface area contributed by atoms with Gasteiger partial charge in [0.05, 0.1) is 24.9 Å². The fourth-order valence-corrected chi connectivity index (χ4v) is 6.77. The van der Waals surface area contributed by atoms with Gasteiger partial charge in [0.2, 0.25) is 0 Å². The normalized spacial score (nSPS) is 18.1. The van der Waals surface area contributed by atoms with Crippen LogP contribution in [-0.2, 0) is 22.4 Å². The van der Waals surface area contributed by atoms with Crippen molar-refractivity contribution in [2.24, 2.45) is 0 Å². The average molecular weight is 619 g/mol. The molecule has 1 atom stereocenters. The first kappa shape index (κ1) is 29.8. The van der Waals surface area contributed by atoms with Crippen molar-refractivity contribution in [1.29, 1.82) is 0 Å². The van der Waals surface area contributed by atoms with E-state index in [1.807, 2.05) is 13.8 Å². The summed E-state index contributed by atoms with van der Waals surface area (Å²) < 4.78 is 38.9. The Bertz CT molecular complexity index is 1600. The molecular weight excluding hydrogens is 589 g/mol. The number of alkyl halides is 3. The maximum absolute atomic E-state index is 12.6. The summed E-state index contributed by atoms with van der Waals surface area (Å²) in [7, 11) is 0. The van der Waals surface area contributed by atoms with Crippen LogP contribution in [0.25, 0.3) is 10.1 Å². The minimum absolute atomic E-state index is 0.00998. The van der Waals surface area contributed by atoms with Crippen LogP contribution in [0.15, 0.2) is 53.9 Å². The first-order valence-corrected chi connectivity index (χ1v) is 14.9. The number of carboxylic acids is 1. The van der Waals surface area contributed by atoms with Crippen LogP contribution in [0.3, 0.4) is 0 Å². The molecule has 222 valence electrons. The second-order valence-corrected chi connectivity index (χ2v) is 12.6. The number of ether oxygens (including phenoxy) is 1. The lowest BCUT2D eigenvalue weighted by molar-refractivity contribution is -0.192. The lowest BCUT2D eigenvalue weighted by atomic mass is 9.94. The lowest BCUT2D eigenvalue weighted by Crippen LogP contribution is -2.48. The number of anilines is 3. The van der Waals surface area contributed by atoms with Gasteiger partial charge in [-0.25, -0.2) is 9.78 Å². The SMILES string of the molecule is CC1(C)Cc2nc(N3CCOCC3Cc3cccc(Nc4ccc5sccc5c4)c3)sc2C(=O)N1.O=C(O)C(F)(F)F. The molecule has 4 aromatic rings. The summed E-state index contributed by atoms with van der Waals surface area (Å²) in [6.45, 7) is 6.19. The summed E-state index contributed by atoms with van der Waals surface area (Å²) in [5.41, 5.74) is 4.06. The quantitative estimate of drug-likeness (QED) is 0.243. The maximum Gasteiger partial charge on any atom is 0.490 e. The van der Waals surface area contributed by atoms with Crippen molar-refractivity contribution in [1.82, 2.24) is 10.3 Å². The maximum atomic E-state index is 12.6. The standard InChI is InChI=1S/C27H28N4O2S2.C2HF3O2/c1-27(2)15-22-24(25(32)30-27)35-26(29-22)31-9-10-33-16-21(31)13-17-4-3-5-19(12-17)28-20-6-7-23-18(14-20)8-11-34-23;3-2(4,5)1(6)7/h3-8,11-12,14,21,28H,9-10,13,15-16H2,1-2H3,(H,30,32);(H,6,7). The predicted molar refractivity (Wildman–Crippen MR) is 158 cm³/mol. The fourth-order valence-electron chi connectivity index (χ4n) is 4.92. The number of aliphatic carboxylic acids is 1.